The molecule has 0 aliphatic carbocycles. The molecular formula is C23H31NO3S. The highest BCUT2D eigenvalue weighted by molar-refractivity contribution is 8.11. The lowest BCUT2D eigenvalue weighted by molar-refractivity contribution is 0.284. The summed E-state index contributed by atoms with van der Waals surface area (Å²) < 4.78 is 11.2. The van der Waals surface area contributed by atoms with Crippen LogP contribution < -0.4 is 14.8 Å². The Morgan fingerprint density at radius 3 is 2.25 bits per heavy atom. The molecule has 0 spiro atoms. The molecule has 0 radical (unpaired) electrons. The van der Waals surface area contributed by atoms with Crippen LogP contribution in [0.4, 0.5) is 0 Å². The average molecular weight is 402 g/mol. The van der Waals surface area contributed by atoms with Gasteiger partial charge in [0.05, 0.1) is 7.11 Å². The van der Waals surface area contributed by atoms with E-state index in [2.05, 4.69) is 11.9 Å². The Hall–Kier alpha value is -2.24. The Kier molecular flexibility index (Phi) is 12.6. The van der Waals surface area contributed by atoms with Crippen LogP contribution in [0.2, 0.25) is 0 Å². The van der Waals surface area contributed by atoms with Crippen LogP contribution in [0.25, 0.3) is 6.08 Å². The van der Waals surface area contributed by atoms with Crippen molar-refractivity contribution in [1.82, 2.24) is 5.32 Å². The highest BCUT2D eigenvalue weighted by Crippen LogP contribution is 2.31. The molecule has 2 aromatic carbocycles. The first kappa shape index (κ1) is 23.8. The van der Waals surface area contributed by atoms with Crippen molar-refractivity contribution in [2.24, 2.45) is 0 Å². The second-order valence-electron chi connectivity index (χ2n) is 6.13. The number of ether oxygens (including phenoxy) is 2. The van der Waals surface area contributed by atoms with Crippen molar-refractivity contribution in [3.63, 3.8) is 0 Å². The number of hydrogen-bond acceptors (Lipinski definition) is 5. The van der Waals surface area contributed by atoms with Crippen molar-refractivity contribution in [2.75, 3.05) is 26.5 Å². The molecule has 1 aliphatic heterocycles. The van der Waals surface area contributed by atoms with Crippen molar-refractivity contribution < 1.29 is 14.3 Å². The highest BCUT2D eigenvalue weighted by Gasteiger charge is 2.08. The third kappa shape index (κ3) is 9.11. The number of carbonyl (C=O) groups excluding carboxylic acids is 1. The topological polar surface area (TPSA) is 47.6 Å². The summed E-state index contributed by atoms with van der Waals surface area (Å²) in [6, 6.07) is 14.0. The molecule has 2 aromatic rings. The van der Waals surface area contributed by atoms with Gasteiger partial charge >= 0.3 is 0 Å². The normalized spacial score (nSPS) is 12.0. The lowest BCUT2D eigenvalue weighted by atomic mass is 10.1. The number of rotatable bonds is 6. The molecular weight excluding hydrogens is 370 g/mol. The summed E-state index contributed by atoms with van der Waals surface area (Å²) in [6.45, 7) is 8.86. The molecule has 1 N–H and O–H groups in total. The molecule has 1 heterocycles. The molecule has 0 saturated carbocycles. The number of benzene rings is 2. The second kappa shape index (κ2) is 14.8. The maximum Gasteiger partial charge on any atom is 0.175 e. The first-order chi connectivity index (χ1) is 13.7. The minimum absolute atomic E-state index is 0.525. The maximum atomic E-state index is 9.14. The van der Waals surface area contributed by atoms with E-state index in [1.54, 1.807) is 13.4 Å². The molecule has 1 fully saturated rings. The van der Waals surface area contributed by atoms with Crippen LogP contribution >= 0.6 is 11.8 Å². The fourth-order valence-electron chi connectivity index (χ4n) is 2.53. The van der Waals surface area contributed by atoms with Gasteiger partial charge in [0.25, 0.3) is 0 Å². The Bertz CT molecular complexity index is 693. The van der Waals surface area contributed by atoms with Crippen molar-refractivity contribution >= 4 is 23.5 Å². The first-order valence-electron chi connectivity index (χ1n) is 9.31. The van der Waals surface area contributed by atoms with Crippen LogP contribution in [0.15, 0.2) is 49.0 Å². The Labute approximate surface area is 173 Å². The molecule has 28 heavy (non-hydrogen) atoms. The monoisotopic (exact) mass is 401 g/mol. The predicted molar refractivity (Wildman–Crippen MR) is 121 cm³/mol. The van der Waals surface area contributed by atoms with E-state index in [-0.39, 0.29) is 0 Å². The second-order valence-corrected chi connectivity index (χ2v) is 6.79. The van der Waals surface area contributed by atoms with Gasteiger partial charge < -0.3 is 14.8 Å². The average Bonchev–Trinajstić information content (AvgIpc) is 3.33. The van der Waals surface area contributed by atoms with Gasteiger partial charge in [0, 0.05) is 0 Å². The van der Waals surface area contributed by atoms with Crippen LogP contribution in [0.1, 0.15) is 29.5 Å². The standard InChI is InChI=1S/C17H18O2.C4H9N.C2H4OS/c1-4-15-11-17(16(18-3)10-13(15)2)19-12-14-8-6-5-7-9-14;1-2-4-5-3-1;1-4-2-3/h4-11H,1,12H2,2-3H3;5H,1-4H2;2H,1H3. The first-order valence-corrected chi connectivity index (χ1v) is 10.6. The molecule has 4 nitrogen and oxygen atoms in total. The quantitative estimate of drug-likeness (QED) is 0.680. The van der Waals surface area contributed by atoms with E-state index < -0.39 is 0 Å². The van der Waals surface area contributed by atoms with E-state index in [0.29, 0.717) is 6.61 Å². The Balaban J connectivity index is 0.000000359. The van der Waals surface area contributed by atoms with Crippen molar-refractivity contribution in [1.29, 1.82) is 0 Å². The van der Waals surface area contributed by atoms with E-state index in [4.69, 9.17) is 14.3 Å². The lowest BCUT2D eigenvalue weighted by Gasteiger charge is -2.13. The summed E-state index contributed by atoms with van der Waals surface area (Å²) in [4.78, 5) is 9.14. The van der Waals surface area contributed by atoms with Gasteiger partial charge in [-0.3, -0.25) is 4.79 Å². The van der Waals surface area contributed by atoms with E-state index >= 15 is 0 Å². The smallest absolute Gasteiger partial charge is 0.175 e. The van der Waals surface area contributed by atoms with E-state index in [9.17, 15) is 0 Å². The minimum Gasteiger partial charge on any atom is -0.493 e. The lowest BCUT2D eigenvalue weighted by Crippen LogP contribution is -2.03. The molecule has 0 unspecified atom stereocenters. The molecule has 152 valence electrons. The summed E-state index contributed by atoms with van der Waals surface area (Å²) in [6.07, 6.45) is 6.33. The minimum atomic E-state index is 0.525. The number of thioether (sulfide) groups is 1. The summed E-state index contributed by atoms with van der Waals surface area (Å²) in [5.74, 6) is 1.49. The molecule has 0 amide bonds. The molecule has 0 aromatic heterocycles. The van der Waals surface area contributed by atoms with Gasteiger partial charge in [-0.2, -0.15) is 0 Å². The summed E-state index contributed by atoms with van der Waals surface area (Å²) >= 11 is 1.18. The van der Waals surface area contributed by atoms with Crippen molar-refractivity contribution in [3.8, 4) is 11.5 Å². The van der Waals surface area contributed by atoms with Crippen LogP contribution in [0.5, 0.6) is 11.5 Å². The van der Waals surface area contributed by atoms with E-state index in [1.807, 2.05) is 55.5 Å². The predicted octanol–water partition coefficient (Wildman–Crippen LogP) is 5.14. The largest absolute Gasteiger partial charge is 0.493 e. The van der Waals surface area contributed by atoms with Gasteiger partial charge in [-0.25, -0.2) is 0 Å². The third-order valence-corrected chi connectivity index (χ3v) is 4.26. The number of hydrogen-bond donors (Lipinski definition) is 1. The van der Waals surface area contributed by atoms with Crippen LogP contribution in [0.3, 0.4) is 0 Å². The number of carbonyl (C=O) groups is 1. The van der Waals surface area contributed by atoms with Gasteiger partial charge in [-0.15, -0.1) is 0 Å². The van der Waals surface area contributed by atoms with E-state index in [1.165, 1.54) is 37.7 Å². The van der Waals surface area contributed by atoms with Gasteiger partial charge in [0.2, 0.25) is 0 Å². The number of aryl methyl sites for hydroxylation is 1. The maximum absolute atomic E-state index is 9.14. The number of methoxy groups -OCH3 is 1. The van der Waals surface area contributed by atoms with Gasteiger partial charge in [-0.05, 0) is 67.9 Å². The molecule has 1 aliphatic rings. The van der Waals surface area contributed by atoms with Crippen LogP contribution in [-0.2, 0) is 11.4 Å². The SMILES string of the molecule is C1CCNC1.C=Cc1cc(OCc2ccccc2)c(OC)cc1C.CSC=O. The number of nitrogens with one attached hydrogen (secondary N) is 1. The zero-order valence-electron chi connectivity index (χ0n) is 17.1. The summed E-state index contributed by atoms with van der Waals surface area (Å²) in [7, 11) is 1.65. The molecule has 5 heteroatoms. The fraction of sp³-hybridized carbons (Fsp3) is 0.348. The highest BCUT2D eigenvalue weighted by atomic mass is 32.2. The summed E-state index contributed by atoms with van der Waals surface area (Å²) in [5, 5.41) is 3.22. The van der Waals surface area contributed by atoms with Gasteiger partial charge in [0.1, 0.15) is 6.61 Å². The molecule has 3 rings (SSSR count). The van der Waals surface area contributed by atoms with Crippen LogP contribution in [0, 0.1) is 6.92 Å². The van der Waals surface area contributed by atoms with Crippen molar-refractivity contribution in [3.05, 3.63) is 65.7 Å². The zero-order valence-corrected chi connectivity index (χ0v) is 17.9. The Morgan fingerprint density at radius 2 is 1.79 bits per heavy atom. The van der Waals surface area contributed by atoms with E-state index in [0.717, 1.165) is 33.8 Å². The zero-order chi connectivity index (χ0) is 20.6. The van der Waals surface area contributed by atoms with Gasteiger partial charge in [0.15, 0.2) is 17.1 Å². The van der Waals surface area contributed by atoms with Crippen molar-refractivity contribution in [2.45, 2.75) is 26.4 Å². The van der Waals surface area contributed by atoms with Crippen LogP contribution in [-0.4, -0.2) is 32.1 Å². The summed E-state index contributed by atoms with van der Waals surface area (Å²) in [5.41, 5.74) is 4.10. The fourth-order valence-corrected chi connectivity index (χ4v) is 2.53. The molecule has 0 atom stereocenters. The van der Waals surface area contributed by atoms with Gasteiger partial charge in [-0.1, -0.05) is 54.7 Å². The molecule has 1 saturated heterocycles. The third-order valence-electron chi connectivity index (χ3n) is 4.06. The Morgan fingerprint density at radius 1 is 1.14 bits per heavy atom. The molecule has 0 bridgehead atoms.